The van der Waals surface area contributed by atoms with Crippen molar-refractivity contribution in [2.24, 2.45) is 0 Å². The number of hydrogen-bond acceptors (Lipinski definition) is 8. The number of carbonyl (C=O) groups excluding carboxylic acids is 1. The predicted molar refractivity (Wildman–Crippen MR) is 131 cm³/mol. The summed E-state index contributed by atoms with van der Waals surface area (Å²) in [6, 6.07) is 4.71. The van der Waals surface area contributed by atoms with Gasteiger partial charge < -0.3 is 15.8 Å². The third-order valence-corrected chi connectivity index (χ3v) is 7.41. The quantitative estimate of drug-likeness (QED) is 0.482. The summed E-state index contributed by atoms with van der Waals surface area (Å²) in [5.74, 6) is 0.242. The maximum Gasteiger partial charge on any atom is 0.407 e. The van der Waals surface area contributed by atoms with Crippen molar-refractivity contribution in [2.75, 3.05) is 5.73 Å². The van der Waals surface area contributed by atoms with Gasteiger partial charge >= 0.3 is 6.09 Å². The van der Waals surface area contributed by atoms with Crippen LogP contribution in [0.4, 0.5) is 10.6 Å². The zero-order valence-electron chi connectivity index (χ0n) is 20.3. The van der Waals surface area contributed by atoms with Gasteiger partial charge in [-0.2, -0.15) is 5.10 Å². The highest BCUT2D eigenvalue weighted by Gasteiger charge is 2.28. The van der Waals surface area contributed by atoms with Crippen molar-refractivity contribution >= 4 is 27.6 Å². The van der Waals surface area contributed by atoms with Gasteiger partial charge in [0.15, 0.2) is 11.5 Å². The van der Waals surface area contributed by atoms with Gasteiger partial charge in [0.25, 0.3) is 0 Å². The average Bonchev–Trinajstić information content (AvgIpc) is 3.19. The van der Waals surface area contributed by atoms with E-state index in [1.165, 1.54) is 6.33 Å². The van der Waals surface area contributed by atoms with Crippen molar-refractivity contribution in [3.8, 4) is 11.3 Å². The molecule has 11 nitrogen and oxygen atoms in total. The van der Waals surface area contributed by atoms with Crippen molar-refractivity contribution in [2.45, 2.75) is 76.0 Å². The predicted octanol–water partition coefficient (Wildman–Crippen LogP) is 2.80. The van der Waals surface area contributed by atoms with Crippen LogP contribution in [0.15, 0.2) is 35.6 Å². The molecule has 0 radical (unpaired) electrons. The smallest absolute Gasteiger partial charge is 0.407 e. The van der Waals surface area contributed by atoms with Gasteiger partial charge in [0.1, 0.15) is 11.9 Å². The number of alkyl carbamates (subject to hydrolysis) is 1. The molecule has 35 heavy (non-hydrogen) atoms. The fourth-order valence-electron chi connectivity index (χ4n) is 4.18. The Balaban J connectivity index is 1.45. The fraction of sp³-hybridized carbons (Fsp3) is 0.478. The van der Waals surface area contributed by atoms with Gasteiger partial charge in [0.2, 0.25) is 10.0 Å². The highest BCUT2D eigenvalue weighted by molar-refractivity contribution is 7.89. The number of sulfonamides is 1. The number of ether oxygens (including phenoxy) is 1. The summed E-state index contributed by atoms with van der Waals surface area (Å²) < 4.78 is 36.1. The standard InChI is InChI=1S/C23H31N7O4S/c1-14-5-10-17(11-18(14)19-12-25-21-20(24)26-13-27-30(19)21)35(32,33)29-16-8-6-15(7-9-16)28-22(31)34-23(2,3)4/h5,10-13,15-16,29H,6-9H2,1-4H3,(H,28,31)(H2,24,26,27). The summed E-state index contributed by atoms with van der Waals surface area (Å²) in [7, 11) is -3.77. The minimum atomic E-state index is -3.77. The Morgan fingerprint density at radius 1 is 1.14 bits per heavy atom. The van der Waals surface area contributed by atoms with Gasteiger partial charge in [-0.15, -0.1) is 0 Å². The van der Waals surface area contributed by atoms with Crippen LogP contribution in [0.3, 0.4) is 0 Å². The average molecular weight is 502 g/mol. The molecule has 4 N–H and O–H groups in total. The topological polar surface area (TPSA) is 154 Å². The van der Waals surface area contributed by atoms with E-state index in [1.807, 2.05) is 27.7 Å². The molecule has 1 saturated carbocycles. The second-order valence-electron chi connectivity index (χ2n) is 9.82. The highest BCUT2D eigenvalue weighted by atomic mass is 32.2. The molecular weight excluding hydrogens is 470 g/mol. The fourth-order valence-corrected chi connectivity index (χ4v) is 5.51. The lowest BCUT2D eigenvalue weighted by atomic mass is 9.92. The van der Waals surface area contributed by atoms with Gasteiger partial charge in [-0.1, -0.05) is 6.07 Å². The van der Waals surface area contributed by atoms with Gasteiger partial charge in [0, 0.05) is 17.6 Å². The van der Waals surface area contributed by atoms with E-state index in [9.17, 15) is 13.2 Å². The third kappa shape index (κ3) is 5.70. The number of aryl methyl sites for hydroxylation is 1. The van der Waals surface area contributed by atoms with E-state index in [-0.39, 0.29) is 22.8 Å². The van der Waals surface area contributed by atoms with Gasteiger partial charge in [0.05, 0.1) is 16.8 Å². The van der Waals surface area contributed by atoms with Gasteiger partial charge in [-0.25, -0.2) is 32.4 Å². The number of amides is 1. The van der Waals surface area contributed by atoms with Gasteiger partial charge in [-0.05, 0) is 71.1 Å². The number of aromatic nitrogens is 4. The minimum absolute atomic E-state index is 0.0406. The molecule has 3 aromatic rings. The van der Waals surface area contributed by atoms with Crippen LogP contribution in [0.25, 0.3) is 16.9 Å². The first-order valence-corrected chi connectivity index (χ1v) is 13.0. The molecule has 1 aliphatic carbocycles. The third-order valence-electron chi connectivity index (χ3n) is 5.90. The van der Waals surface area contributed by atoms with E-state index in [4.69, 9.17) is 10.5 Å². The molecule has 1 aliphatic rings. The summed E-state index contributed by atoms with van der Waals surface area (Å²) >= 11 is 0. The highest BCUT2D eigenvalue weighted by Crippen LogP contribution is 2.28. The van der Waals surface area contributed by atoms with Crippen LogP contribution >= 0.6 is 0 Å². The molecule has 1 aromatic carbocycles. The van der Waals surface area contributed by atoms with Crippen LogP contribution < -0.4 is 15.8 Å². The molecule has 1 amide bonds. The lowest BCUT2D eigenvalue weighted by molar-refractivity contribution is 0.0490. The van der Waals surface area contributed by atoms with E-state index in [2.05, 4.69) is 25.1 Å². The number of nitrogens with two attached hydrogens (primary N) is 1. The Hall–Kier alpha value is -3.25. The number of fused-ring (bicyclic) bond motifs is 1. The van der Waals surface area contributed by atoms with Crippen molar-refractivity contribution < 1.29 is 17.9 Å². The van der Waals surface area contributed by atoms with Crippen LogP contribution in [0.5, 0.6) is 0 Å². The lowest BCUT2D eigenvalue weighted by Gasteiger charge is -2.30. The minimum Gasteiger partial charge on any atom is -0.444 e. The number of anilines is 1. The molecule has 0 unspecified atom stereocenters. The van der Waals surface area contributed by atoms with E-state index < -0.39 is 21.7 Å². The maximum atomic E-state index is 13.2. The second kappa shape index (κ2) is 9.42. The summed E-state index contributed by atoms with van der Waals surface area (Å²) in [6.07, 6.45) is 5.03. The number of nitrogens with zero attached hydrogens (tertiary/aromatic N) is 4. The molecule has 1 fully saturated rings. The van der Waals surface area contributed by atoms with Crippen LogP contribution in [0, 0.1) is 6.92 Å². The number of hydrogen-bond donors (Lipinski definition) is 3. The van der Waals surface area contributed by atoms with E-state index in [1.54, 1.807) is 28.9 Å². The molecule has 0 bridgehead atoms. The van der Waals surface area contributed by atoms with E-state index in [0.29, 0.717) is 42.6 Å². The molecule has 0 saturated heterocycles. The molecule has 188 valence electrons. The lowest BCUT2D eigenvalue weighted by Crippen LogP contribution is -2.45. The van der Waals surface area contributed by atoms with Crippen molar-refractivity contribution in [1.29, 1.82) is 0 Å². The zero-order chi connectivity index (χ0) is 25.4. The number of imidazole rings is 1. The first-order valence-electron chi connectivity index (χ1n) is 11.5. The summed E-state index contributed by atoms with van der Waals surface area (Å²) in [6.45, 7) is 7.33. The number of nitrogens with one attached hydrogen (secondary N) is 2. The SMILES string of the molecule is Cc1ccc(S(=O)(=O)NC2CCC(NC(=O)OC(C)(C)C)CC2)cc1-c1cnc2c(N)ncnn12. The van der Waals surface area contributed by atoms with Crippen molar-refractivity contribution in [1.82, 2.24) is 29.6 Å². The largest absolute Gasteiger partial charge is 0.444 e. The summed E-state index contributed by atoms with van der Waals surface area (Å²) in [5, 5.41) is 7.08. The zero-order valence-corrected chi connectivity index (χ0v) is 21.1. The molecular formula is C23H31N7O4S. The van der Waals surface area contributed by atoms with Crippen molar-refractivity contribution in [3.63, 3.8) is 0 Å². The second-order valence-corrected chi connectivity index (χ2v) is 11.5. The molecule has 0 aliphatic heterocycles. The summed E-state index contributed by atoms with van der Waals surface area (Å²) in [5.41, 5.74) is 7.90. The summed E-state index contributed by atoms with van der Waals surface area (Å²) in [4.78, 5) is 20.4. The van der Waals surface area contributed by atoms with Crippen LogP contribution in [0.1, 0.15) is 52.0 Å². The monoisotopic (exact) mass is 501 g/mol. The van der Waals surface area contributed by atoms with Crippen molar-refractivity contribution in [3.05, 3.63) is 36.3 Å². The van der Waals surface area contributed by atoms with Crippen LogP contribution in [-0.4, -0.2) is 51.8 Å². The Bertz CT molecular complexity index is 1340. The molecule has 0 spiro atoms. The Kier molecular flexibility index (Phi) is 6.69. The number of carbonyl (C=O) groups is 1. The first kappa shape index (κ1) is 24.9. The first-order chi connectivity index (χ1) is 16.4. The normalized spacial score (nSPS) is 19.0. The molecule has 2 heterocycles. The number of nitrogen functional groups attached to an aromatic ring is 1. The van der Waals surface area contributed by atoms with E-state index in [0.717, 1.165) is 5.56 Å². The molecule has 4 rings (SSSR count). The van der Waals surface area contributed by atoms with Crippen LogP contribution in [0.2, 0.25) is 0 Å². The number of benzene rings is 1. The maximum absolute atomic E-state index is 13.2. The molecule has 12 heteroatoms. The molecule has 2 aromatic heterocycles. The Labute approximate surface area is 204 Å². The van der Waals surface area contributed by atoms with Gasteiger partial charge in [-0.3, -0.25) is 0 Å². The molecule has 0 atom stereocenters. The van der Waals surface area contributed by atoms with E-state index >= 15 is 0 Å². The Morgan fingerprint density at radius 2 is 1.83 bits per heavy atom. The van der Waals surface area contributed by atoms with Crippen LogP contribution in [-0.2, 0) is 14.8 Å². The Morgan fingerprint density at radius 3 is 2.51 bits per heavy atom. The number of rotatable bonds is 5.